The third kappa shape index (κ3) is 4.47. The lowest BCUT2D eigenvalue weighted by Crippen LogP contribution is -2.29. The van der Waals surface area contributed by atoms with Gasteiger partial charge in [-0.25, -0.2) is 0 Å². The first kappa shape index (κ1) is 22.2. The number of nitrogens with one attached hydrogen (secondary N) is 1. The highest BCUT2D eigenvalue weighted by Gasteiger charge is 2.22. The van der Waals surface area contributed by atoms with Crippen LogP contribution in [0.25, 0.3) is 0 Å². The fourth-order valence-corrected chi connectivity index (χ4v) is 3.69. The Bertz CT molecular complexity index is 897. The largest absolute Gasteiger partial charge is 0.385 e. The number of aromatic nitrogens is 1. The summed E-state index contributed by atoms with van der Waals surface area (Å²) in [5.41, 5.74) is 3.84. The molecule has 0 radical (unpaired) electrons. The number of hydrogen-bond acceptors (Lipinski definition) is 3. The van der Waals surface area contributed by atoms with Gasteiger partial charge < -0.3 is 14.6 Å². The summed E-state index contributed by atoms with van der Waals surface area (Å²) in [5.74, 6) is -0.416. The highest BCUT2D eigenvalue weighted by Crippen LogP contribution is 2.24. The Labute approximate surface area is 171 Å². The topological polar surface area (TPSA) is 60.3 Å². The molecule has 152 valence electrons. The minimum absolute atomic E-state index is 0.0904. The molecule has 0 spiro atoms. The minimum Gasteiger partial charge on any atom is -0.385 e. The molecule has 1 amide bonds. The molecule has 1 aromatic carbocycles. The highest BCUT2D eigenvalue weighted by molar-refractivity contribution is 6.31. The minimum atomic E-state index is -0.427. The van der Waals surface area contributed by atoms with E-state index < -0.39 is 11.3 Å². The molecular formula is C22H29ClN2O3. The van der Waals surface area contributed by atoms with E-state index >= 15 is 0 Å². The van der Waals surface area contributed by atoms with Crippen molar-refractivity contribution in [3.05, 3.63) is 61.5 Å². The quantitative estimate of drug-likeness (QED) is 0.657. The zero-order valence-electron chi connectivity index (χ0n) is 17.3. The van der Waals surface area contributed by atoms with Crippen LogP contribution in [0, 0.1) is 13.8 Å². The van der Waals surface area contributed by atoms with Crippen LogP contribution < -0.4 is 10.7 Å². The van der Waals surface area contributed by atoms with Gasteiger partial charge in [-0.15, -0.1) is 0 Å². The van der Waals surface area contributed by atoms with Crippen LogP contribution in [0.15, 0.2) is 23.0 Å². The maximum atomic E-state index is 13.1. The molecule has 5 nitrogen and oxygen atoms in total. The van der Waals surface area contributed by atoms with Gasteiger partial charge >= 0.3 is 0 Å². The normalized spacial score (nSPS) is 10.9. The van der Waals surface area contributed by atoms with Crippen molar-refractivity contribution in [2.75, 3.05) is 19.0 Å². The number of ether oxygens (including phenoxy) is 1. The van der Waals surface area contributed by atoms with Crippen LogP contribution in [0.2, 0.25) is 5.02 Å². The van der Waals surface area contributed by atoms with E-state index in [0.29, 0.717) is 24.5 Å². The second-order valence-corrected chi connectivity index (χ2v) is 7.18. The van der Waals surface area contributed by atoms with E-state index in [0.717, 1.165) is 36.1 Å². The number of pyridine rings is 1. The van der Waals surface area contributed by atoms with Gasteiger partial charge in [-0.3, -0.25) is 9.59 Å². The Hall–Kier alpha value is -2.11. The van der Waals surface area contributed by atoms with Gasteiger partial charge in [0.15, 0.2) is 0 Å². The molecule has 0 aliphatic carbocycles. The number of amides is 1. The van der Waals surface area contributed by atoms with Crippen LogP contribution in [0.1, 0.15) is 53.1 Å². The Morgan fingerprint density at radius 1 is 1.14 bits per heavy atom. The molecule has 0 fully saturated rings. The average Bonchev–Trinajstić information content (AvgIpc) is 2.69. The van der Waals surface area contributed by atoms with Gasteiger partial charge in [0.1, 0.15) is 10.6 Å². The van der Waals surface area contributed by atoms with E-state index in [-0.39, 0.29) is 10.6 Å². The number of aryl methyl sites for hydroxylation is 2. The maximum absolute atomic E-state index is 13.1. The Kier molecular flexibility index (Phi) is 7.84. The molecule has 0 bridgehead atoms. The molecule has 0 atom stereocenters. The highest BCUT2D eigenvalue weighted by atomic mass is 35.5. The Morgan fingerprint density at radius 2 is 1.75 bits per heavy atom. The molecule has 6 heteroatoms. The molecule has 0 aliphatic heterocycles. The van der Waals surface area contributed by atoms with E-state index in [9.17, 15) is 9.59 Å². The van der Waals surface area contributed by atoms with Gasteiger partial charge in [0.05, 0.1) is 0 Å². The maximum Gasteiger partial charge on any atom is 0.261 e. The molecule has 2 rings (SSSR count). The molecular weight excluding hydrogens is 376 g/mol. The van der Waals surface area contributed by atoms with Gasteiger partial charge in [-0.1, -0.05) is 43.6 Å². The summed E-state index contributed by atoms with van der Waals surface area (Å²) in [5, 5.41) is 3.07. The fraction of sp³-hybridized carbons (Fsp3) is 0.455. The van der Waals surface area contributed by atoms with Gasteiger partial charge in [0.25, 0.3) is 5.91 Å². The molecule has 0 saturated heterocycles. The van der Waals surface area contributed by atoms with Crippen LogP contribution in [-0.2, 0) is 24.1 Å². The van der Waals surface area contributed by atoms with E-state index in [1.807, 2.05) is 36.6 Å². The zero-order valence-corrected chi connectivity index (χ0v) is 18.1. The van der Waals surface area contributed by atoms with E-state index in [1.165, 1.54) is 0 Å². The fourth-order valence-electron chi connectivity index (χ4n) is 3.49. The van der Waals surface area contributed by atoms with Crippen molar-refractivity contribution in [2.24, 2.45) is 0 Å². The number of rotatable bonds is 8. The number of benzene rings is 1. The van der Waals surface area contributed by atoms with E-state index in [2.05, 4.69) is 5.32 Å². The van der Waals surface area contributed by atoms with Gasteiger partial charge in [-0.2, -0.15) is 0 Å². The molecule has 0 saturated carbocycles. The molecule has 2 aromatic rings. The van der Waals surface area contributed by atoms with Gasteiger partial charge in [-0.05, 0) is 44.2 Å². The lowest BCUT2D eigenvalue weighted by atomic mass is 10.0. The lowest BCUT2D eigenvalue weighted by Gasteiger charge is -2.20. The predicted molar refractivity (Wildman–Crippen MR) is 115 cm³/mol. The molecule has 1 heterocycles. The number of carbonyl (C=O) groups excluding carboxylic acids is 1. The first-order valence-electron chi connectivity index (χ1n) is 9.67. The van der Waals surface area contributed by atoms with Crippen molar-refractivity contribution < 1.29 is 9.53 Å². The summed E-state index contributed by atoms with van der Waals surface area (Å²) in [4.78, 5) is 25.9. The molecule has 28 heavy (non-hydrogen) atoms. The summed E-state index contributed by atoms with van der Waals surface area (Å²) < 4.78 is 7.04. The lowest BCUT2D eigenvalue weighted by molar-refractivity contribution is 0.102. The van der Waals surface area contributed by atoms with E-state index in [1.54, 1.807) is 21.0 Å². The van der Waals surface area contributed by atoms with Crippen molar-refractivity contribution in [1.82, 2.24) is 4.57 Å². The Morgan fingerprint density at radius 3 is 2.29 bits per heavy atom. The van der Waals surface area contributed by atoms with Gasteiger partial charge in [0, 0.05) is 37.3 Å². The summed E-state index contributed by atoms with van der Waals surface area (Å²) in [6.07, 6.45) is 2.34. The number of hydrogen-bond donors (Lipinski definition) is 1. The third-order valence-corrected chi connectivity index (χ3v) is 5.56. The summed E-state index contributed by atoms with van der Waals surface area (Å²) >= 11 is 6.29. The van der Waals surface area contributed by atoms with E-state index in [4.69, 9.17) is 16.3 Å². The summed E-state index contributed by atoms with van der Waals surface area (Å²) in [6, 6.07) is 5.98. The molecule has 0 aliphatic rings. The molecule has 1 aromatic heterocycles. The zero-order chi connectivity index (χ0) is 20.8. The Balaban J connectivity index is 2.51. The van der Waals surface area contributed by atoms with Crippen molar-refractivity contribution >= 4 is 23.2 Å². The number of anilines is 1. The summed E-state index contributed by atoms with van der Waals surface area (Å²) in [7, 11) is 1.65. The van der Waals surface area contributed by atoms with Crippen LogP contribution in [0.4, 0.5) is 5.69 Å². The number of nitrogens with zero attached hydrogens (tertiary/aromatic N) is 1. The second kappa shape index (κ2) is 9.89. The van der Waals surface area contributed by atoms with Gasteiger partial charge in [0.2, 0.25) is 5.43 Å². The standard InChI is InChI=1S/C22H29ClN2O3/c1-6-16-10-8-11-17(7-2)20(16)24-22(27)18-14(3)25(12-9-13-28-5)15(4)19(23)21(18)26/h8,10-11H,6-7,9,12-13H2,1-5H3,(H,24,27). The van der Waals surface area contributed by atoms with Crippen LogP contribution in [0.3, 0.4) is 0 Å². The number of carbonyl (C=O) groups is 1. The van der Waals surface area contributed by atoms with Crippen molar-refractivity contribution in [3.8, 4) is 0 Å². The second-order valence-electron chi connectivity index (χ2n) is 6.80. The van der Waals surface area contributed by atoms with Crippen LogP contribution in [0.5, 0.6) is 0 Å². The van der Waals surface area contributed by atoms with Crippen LogP contribution in [-0.4, -0.2) is 24.2 Å². The average molecular weight is 405 g/mol. The predicted octanol–water partition coefficient (Wildman–Crippen LogP) is 4.53. The number of methoxy groups -OCH3 is 1. The number of para-hydroxylation sites is 1. The van der Waals surface area contributed by atoms with Crippen LogP contribution >= 0.6 is 11.6 Å². The van der Waals surface area contributed by atoms with Crippen molar-refractivity contribution in [1.29, 1.82) is 0 Å². The third-order valence-electron chi connectivity index (χ3n) is 5.11. The molecule has 0 unspecified atom stereocenters. The van der Waals surface area contributed by atoms with Crippen molar-refractivity contribution in [2.45, 2.75) is 53.5 Å². The summed E-state index contributed by atoms with van der Waals surface area (Å²) in [6.45, 7) is 8.89. The molecule has 1 N–H and O–H groups in total. The van der Waals surface area contributed by atoms with Crippen molar-refractivity contribution in [3.63, 3.8) is 0 Å². The number of halogens is 1. The smallest absolute Gasteiger partial charge is 0.261 e. The SMILES string of the molecule is CCc1cccc(CC)c1NC(=O)c1c(C)n(CCCOC)c(C)c(Cl)c1=O. The first-order valence-corrected chi connectivity index (χ1v) is 10.1. The monoisotopic (exact) mass is 404 g/mol. The first-order chi connectivity index (χ1) is 13.4.